The molecule has 1 saturated heterocycles. The number of rotatable bonds is 1. The summed E-state index contributed by atoms with van der Waals surface area (Å²) in [5, 5.41) is 17.4. The van der Waals surface area contributed by atoms with Crippen molar-refractivity contribution in [1.29, 1.82) is 0 Å². The highest BCUT2D eigenvalue weighted by atomic mass is 32.2. The van der Waals surface area contributed by atoms with E-state index in [0.29, 0.717) is 12.3 Å². The lowest BCUT2D eigenvalue weighted by atomic mass is 10.3. The molecule has 0 radical (unpaired) electrons. The summed E-state index contributed by atoms with van der Waals surface area (Å²) in [6, 6.07) is -0.203. The van der Waals surface area contributed by atoms with Gasteiger partial charge in [0.05, 0.1) is 12.6 Å². The number of carbonyl (C=O) groups is 1. The van der Waals surface area contributed by atoms with E-state index in [0.717, 1.165) is 5.75 Å². The molecule has 1 aliphatic rings. The first kappa shape index (κ1) is 8.67. The quantitative estimate of drug-likeness (QED) is 0.595. The lowest BCUT2D eigenvalue weighted by Crippen LogP contribution is -2.47. The van der Waals surface area contributed by atoms with Crippen molar-refractivity contribution < 1.29 is 15.0 Å². The number of aliphatic hydroxyl groups is 1. The molecule has 0 aromatic carbocycles. The fourth-order valence-electron chi connectivity index (χ4n) is 1.06. The van der Waals surface area contributed by atoms with Crippen LogP contribution >= 0.6 is 11.8 Å². The van der Waals surface area contributed by atoms with Crippen LogP contribution in [0.4, 0.5) is 4.79 Å². The summed E-state index contributed by atoms with van der Waals surface area (Å²) >= 11 is 1.68. The van der Waals surface area contributed by atoms with Crippen LogP contribution in [-0.2, 0) is 0 Å². The van der Waals surface area contributed by atoms with Crippen molar-refractivity contribution in [2.24, 2.45) is 0 Å². The average Bonchev–Trinajstić information content (AvgIpc) is 2.04. The van der Waals surface area contributed by atoms with Crippen LogP contribution in [0, 0.1) is 0 Å². The van der Waals surface area contributed by atoms with Gasteiger partial charge in [0.25, 0.3) is 0 Å². The number of amides is 1. The Balaban J connectivity index is 2.51. The Morgan fingerprint density at radius 1 is 1.73 bits per heavy atom. The predicted octanol–water partition coefficient (Wildman–Crippen LogP) is 0.0741. The van der Waals surface area contributed by atoms with Gasteiger partial charge in [0, 0.05) is 18.1 Å². The van der Waals surface area contributed by atoms with Crippen molar-refractivity contribution in [3.05, 3.63) is 0 Å². The van der Waals surface area contributed by atoms with Crippen molar-refractivity contribution in [3.63, 3.8) is 0 Å². The maximum Gasteiger partial charge on any atom is 0.407 e. The Bertz CT molecular complexity index is 153. The van der Waals surface area contributed by atoms with Gasteiger partial charge in [-0.3, -0.25) is 0 Å². The Kier molecular flexibility index (Phi) is 3.02. The molecular formula is C6H11NO3S. The van der Waals surface area contributed by atoms with Crippen molar-refractivity contribution in [2.45, 2.75) is 6.04 Å². The van der Waals surface area contributed by atoms with Crippen LogP contribution in [0.1, 0.15) is 0 Å². The average molecular weight is 177 g/mol. The summed E-state index contributed by atoms with van der Waals surface area (Å²) < 4.78 is 0. The van der Waals surface area contributed by atoms with Crippen LogP contribution in [0.5, 0.6) is 0 Å². The van der Waals surface area contributed by atoms with Gasteiger partial charge in [0.2, 0.25) is 0 Å². The van der Waals surface area contributed by atoms with Crippen LogP contribution in [0.25, 0.3) is 0 Å². The molecule has 4 nitrogen and oxygen atoms in total. The highest BCUT2D eigenvalue weighted by molar-refractivity contribution is 7.99. The second kappa shape index (κ2) is 3.82. The number of hydrogen-bond donors (Lipinski definition) is 2. The zero-order valence-electron chi connectivity index (χ0n) is 6.06. The minimum Gasteiger partial charge on any atom is -0.465 e. The Labute approximate surface area is 69.2 Å². The molecule has 1 fully saturated rings. The maximum atomic E-state index is 10.5. The predicted molar refractivity (Wildman–Crippen MR) is 42.9 cm³/mol. The van der Waals surface area contributed by atoms with Crippen LogP contribution in [0.2, 0.25) is 0 Å². The van der Waals surface area contributed by atoms with E-state index in [1.165, 1.54) is 4.90 Å². The molecule has 11 heavy (non-hydrogen) atoms. The Morgan fingerprint density at radius 2 is 2.45 bits per heavy atom. The van der Waals surface area contributed by atoms with Gasteiger partial charge in [0.1, 0.15) is 0 Å². The SMILES string of the molecule is O=C(O)N1CCSC[C@@H]1CO. The fourth-order valence-corrected chi connectivity index (χ4v) is 2.11. The lowest BCUT2D eigenvalue weighted by molar-refractivity contribution is 0.107. The molecule has 0 spiro atoms. The minimum absolute atomic E-state index is 0.0701. The summed E-state index contributed by atoms with van der Waals surface area (Å²) in [7, 11) is 0. The van der Waals surface area contributed by atoms with E-state index in [2.05, 4.69) is 0 Å². The number of hydrogen-bond acceptors (Lipinski definition) is 3. The number of thioether (sulfide) groups is 1. The third-order valence-corrected chi connectivity index (χ3v) is 2.78. The van der Waals surface area contributed by atoms with Gasteiger partial charge in [-0.15, -0.1) is 0 Å². The second-order valence-electron chi connectivity index (χ2n) is 2.39. The van der Waals surface area contributed by atoms with Crippen LogP contribution in [0.15, 0.2) is 0 Å². The number of carboxylic acid groups (broad SMARTS) is 1. The summed E-state index contributed by atoms with van der Waals surface area (Å²) in [5.74, 6) is 1.55. The number of nitrogens with zero attached hydrogens (tertiary/aromatic N) is 1. The summed E-state index contributed by atoms with van der Waals surface area (Å²) in [5.41, 5.74) is 0. The largest absolute Gasteiger partial charge is 0.465 e. The van der Waals surface area contributed by atoms with Crippen molar-refractivity contribution in [3.8, 4) is 0 Å². The zero-order chi connectivity index (χ0) is 8.27. The first-order valence-electron chi connectivity index (χ1n) is 3.44. The van der Waals surface area contributed by atoms with Gasteiger partial charge >= 0.3 is 6.09 Å². The second-order valence-corrected chi connectivity index (χ2v) is 3.54. The summed E-state index contributed by atoms with van der Waals surface area (Å²) in [6.07, 6.45) is -0.927. The molecule has 1 heterocycles. The van der Waals surface area contributed by atoms with Crippen LogP contribution in [0.3, 0.4) is 0 Å². The van der Waals surface area contributed by atoms with E-state index in [4.69, 9.17) is 10.2 Å². The van der Waals surface area contributed by atoms with E-state index in [-0.39, 0.29) is 12.6 Å². The van der Waals surface area contributed by atoms with Crippen molar-refractivity contribution in [2.75, 3.05) is 24.7 Å². The lowest BCUT2D eigenvalue weighted by Gasteiger charge is -2.31. The smallest absolute Gasteiger partial charge is 0.407 e. The molecule has 2 N–H and O–H groups in total. The molecule has 0 bridgehead atoms. The van der Waals surface area contributed by atoms with Gasteiger partial charge in [-0.1, -0.05) is 0 Å². The zero-order valence-corrected chi connectivity index (χ0v) is 6.88. The van der Waals surface area contributed by atoms with Gasteiger partial charge < -0.3 is 15.1 Å². The molecule has 0 aliphatic carbocycles. The molecule has 64 valence electrons. The minimum atomic E-state index is -0.927. The first-order chi connectivity index (χ1) is 5.25. The molecule has 1 amide bonds. The molecule has 0 saturated carbocycles. The molecule has 0 aromatic heterocycles. The van der Waals surface area contributed by atoms with E-state index in [1.807, 2.05) is 0 Å². The topological polar surface area (TPSA) is 60.8 Å². The van der Waals surface area contributed by atoms with Gasteiger partial charge in [-0.05, 0) is 0 Å². The summed E-state index contributed by atoms with van der Waals surface area (Å²) in [6.45, 7) is 0.463. The Morgan fingerprint density at radius 3 is 2.91 bits per heavy atom. The molecule has 0 aromatic rings. The molecule has 1 aliphatic heterocycles. The normalized spacial score (nSPS) is 25.2. The van der Waals surface area contributed by atoms with Gasteiger partial charge in [0.15, 0.2) is 0 Å². The molecule has 5 heteroatoms. The Hall–Kier alpha value is -0.420. The third-order valence-electron chi connectivity index (χ3n) is 1.68. The van der Waals surface area contributed by atoms with E-state index < -0.39 is 6.09 Å². The molecular weight excluding hydrogens is 166 g/mol. The van der Waals surface area contributed by atoms with Gasteiger partial charge in [-0.25, -0.2) is 4.79 Å². The fraction of sp³-hybridized carbons (Fsp3) is 0.833. The highest BCUT2D eigenvalue weighted by Gasteiger charge is 2.25. The molecule has 1 rings (SSSR count). The van der Waals surface area contributed by atoms with Gasteiger partial charge in [-0.2, -0.15) is 11.8 Å². The van der Waals surface area contributed by atoms with Crippen molar-refractivity contribution >= 4 is 17.9 Å². The van der Waals surface area contributed by atoms with E-state index in [1.54, 1.807) is 11.8 Å². The van der Waals surface area contributed by atoms with Crippen molar-refractivity contribution in [1.82, 2.24) is 4.90 Å². The van der Waals surface area contributed by atoms with Crippen LogP contribution in [-0.4, -0.2) is 51.9 Å². The van der Waals surface area contributed by atoms with E-state index >= 15 is 0 Å². The number of aliphatic hydroxyl groups excluding tert-OH is 1. The maximum absolute atomic E-state index is 10.5. The third kappa shape index (κ3) is 2.00. The van der Waals surface area contributed by atoms with Crippen LogP contribution < -0.4 is 0 Å². The summed E-state index contributed by atoms with van der Waals surface area (Å²) in [4.78, 5) is 11.8. The highest BCUT2D eigenvalue weighted by Crippen LogP contribution is 2.15. The standard InChI is InChI=1S/C6H11NO3S/c8-3-5-4-11-2-1-7(5)6(9)10/h5,8H,1-4H2,(H,9,10)/t5-/m0/s1. The monoisotopic (exact) mass is 177 g/mol. The van der Waals surface area contributed by atoms with E-state index in [9.17, 15) is 4.79 Å². The molecule has 1 atom stereocenters. The first-order valence-corrected chi connectivity index (χ1v) is 4.59. The molecule has 0 unspecified atom stereocenters.